The van der Waals surface area contributed by atoms with Crippen molar-refractivity contribution in [2.75, 3.05) is 13.7 Å². The van der Waals surface area contributed by atoms with Crippen molar-refractivity contribution < 1.29 is 31.5 Å². The Bertz CT molecular complexity index is 683. The fourth-order valence-electron chi connectivity index (χ4n) is 2.90. The topological polar surface area (TPSA) is 80.3 Å². The lowest BCUT2D eigenvalue weighted by Gasteiger charge is -2.35. The van der Waals surface area contributed by atoms with E-state index in [1.165, 1.54) is 19.2 Å². The molecule has 7 nitrogen and oxygen atoms in total. The molecule has 1 aromatic carbocycles. The quantitative estimate of drug-likeness (QED) is 0.756. The van der Waals surface area contributed by atoms with Gasteiger partial charge in [-0.05, 0) is 32.9 Å². The Balaban J connectivity index is 1.80. The molecule has 2 saturated heterocycles. The molecule has 3 rings (SSSR count). The molecule has 0 spiro atoms. The monoisotopic (exact) mass is 358 g/mol. The molecular formula is C16H22O7S. The normalized spacial score (nSPS) is 32.5. The van der Waals surface area contributed by atoms with E-state index in [9.17, 15) is 8.42 Å². The molecule has 0 N–H and O–H groups in total. The molecule has 24 heavy (non-hydrogen) atoms. The third-order valence-corrected chi connectivity index (χ3v) is 5.37. The minimum atomic E-state index is -3.93. The standard InChI is InChI=1S/C16H22O7S/c1-10-5-7-11(8-6-10)24(17,18)23-12-9-20-15(19-4)14-13(12)21-16(2,3)22-14/h5-8,12-15H,9H2,1-4H3/t12-,13+,14-,15+/m0/s1. The number of hydrogen-bond acceptors (Lipinski definition) is 7. The number of aryl methyl sites for hydroxylation is 1. The van der Waals surface area contributed by atoms with E-state index in [0.717, 1.165) is 5.56 Å². The summed E-state index contributed by atoms with van der Waals surface area (Å²) >= 11 is 0. The van der Waals surface area contributed by atoms with Gasteiger partial charge in [0.25, 0.3) is 10.1 Å². The molecular weight excluding hydrogens is 336 g/mol. The Hall–Kier alpha value is -1.03. The molecule has 1 aromatic rings. The van der Waals surface area contributed by atoms with Crippen molar-refractivity contribution in [1.29, 1.82) is 0 Å². The second kappa shape index (κ2) is 6.36. The summed E-state index contributed by atoms with van der Waals surface area (Å²) in [4.78, 5) is 0.0942. The van der Waals surface area contributed by atoms with E-state index in [2.05, 4.69) is 0 Å². The largest absolute Gasteiger partial charge is 0.353 e. The second-order valence-electron chi connectivity index (χ2n) is 6.40. The maximum Gasteiger partial charge on any atom is 0.297 e. The van der Waals surface area contributed by atoms with E-state index in [-0.39, 0.29) is 11.5 Å². The summed E-state index contributed by atoms with van der Waals surface area (Å²) in [5.41, 5.74) is 0.965. The summed E-state index contributed by atoms with van der Waals surface area (Å²) in [6.45, 7) is 5.42. The highest BCUT2D eigenvalue weighted by atomic mass is 32.2. The highest BCUT2D eigenvalue weighted by Gasteiger charge is 2.53. The number of benzene rings is 1. The Labute approximate surface area is 141 Å². The summed E-state index contributed by atoms with van der Waals surface area (Å²) in [5, 5.41) is 0. The molecule has 2 aliphatic rings. The zero-order valence-electron chi connectivity index (χ0n) is 14.1. The molecule has 8 heteroatoms. The maximum absolute atomic E-state index is 12.5. The molecule has 0 radical (unpaired) electrons. The lowest BCUT2D eigenvalue weighted by atomic mass is 10.1. The van der Waals surface area contributed by atoms with Gasteiger partial charge >= 0.3 is 0 Å². The van der Waals surface area contributed by atoms with E-state index in [0.29, 0.717) is 0 Å². The van der Waals surface area contributed by atoms with Gasteiger partial charge in [0.1, 0.15) is 18.3 Å². The van der Waals surface area contributed by atoms with Crippen molar-refractivity contribution in [1.82, 2.24) is 0 Å². The molecule has 0 bridgehead atoms. The minimum absolute atomic E-state index is 0.0319. The van der Waals surface area contributed by atoms with Crippen LogP contribution in [0.1, 0.15) is 19.4 Å². The van der Waals surface area contributed by atoms with Crippen LogP contribution in [0.3, 0.4) is 0 Å². The predicted molar refractivity (Wildman–Crippen MR) is 83.8 cm³/mol. The first-order valence-electron chi connectivity index (χ1n) is 7.72. The number of methoxy groups -OCH3 is 1. The third kappa shape index (κ3) is 3.49. The molecule has 4 atom stereocenters. The van der Waals surface area contributed by atoms with Crippen LogP contribution in [0.5, 0.6) is 0 Å². The number of rotatable bonds is 4. The van der Waals surface area contributed by atoms with E-state index < -0.39 is 40.5 Å². The Kier molecular flexibility index (Phi) is 4.71. The molecule has 0 amide bonds. The van der Waals surface area contributed by atoms with Crippen molar-refractivity contribution in [3.8, 4) is 0 Å². The van der Waals surface area contributed by atoms with E-state index in [1.807, 2.05) is 6.92 Å². The summed E-state index contributed by atoms with van der Waals surface area (Å²) in [6.07, 6.45) is -2.59. The zero-order chi connectivity index (χ0) is 17.5. The Morgan fingerprint density at radius 2 is 1.75 bits per heavy atom. The van der Waals surface area contributed by atoms with Crippen LogP contribution in [0, 0.1) is 6.92 Å². The average Bonchev–Trinajstić information content (AvgIpc) is 2.83. The Morgan fingerprint density at radius 3 is 2.38 bits per heavy atom. The van der Waals surface area contributed by atoms with Gasteiger partial charge in [-0.25, -0.2) is 0 Å². The smallest absolute Gasteiger partial charge is 0.297 e. The molecule has 2 aliphatic heterocycles. The van der Waals surface area contributed by atoms with Crippen LogP contribution in [0.15, 0.2) is 29.2 Å². The highest BCUT2D eigenvalue weighted by Crippen LogP contribution is 2.37. The van der Waals surface area contributed by atoms with Gasteiger partial charge in [0.15, 0.2) is 12.1 Å². The molecule has 0 saturated carbocycles. The van der Waals surface area contributed by atoms with Gasteiger partial charge in [-0.2, -0.15) is 8.42 Å². The van der Waals surface area contributed by atoms with E-state index in [1.54, 1.807) is 26.0 Å². The zero-order valence-corrected chi connectivity index (χ0v) is 14.9. The fraction of sp³-hybridized carbons (Fsp3) is 0.625. The number of hydrogen-bond donors (Lipinski definition) is 0. The fourth-order valence-corrected chi connectivity index (χ4v) is 3.97. The van der Waals surface area contributed by atoms with Gasteiger partial charge in [0, 0.05) is 7.11 Å². The molecule has 0 aliphatic carbocycles. The van der Waals surface area contributed by atoms with Gasteiger partial charge in [0.2, 0.25) is 0 Å². The molecule has 2 fully saturated rings. The van der Waals surface area contributed by atoms with E-state index in [4.69, 9.17) is 23.1 Å². The molecule has 0 unspecified atom stereocenters. The highest BCUT2D eigenvalue weighted by molar-refractivity contribution is 7.86. The lowest BCUT2D eigenvalue weighted by molar-refractivity contribution is -0.234. The molecule has 134 valence electrons. The van der Waals surface area contributed by atoms with Crippen molar-refractivity contribution in [2.24, 2.45) is 0 Å². The first-order valence-corrected chi connectivity index (χ1v) is 9.13. The van der Waals surface area contributed by atoms with Gasteiger partial charge in [-0.15, -0.1) is 0 Å². The van der Waals surface area contributed by atoms with Gasteiger partial charge < -0.3 is 18.9 Å². The first kappa shape index (κ1) is 17.8. The SMILES string of the molecule is CO[C@@H]1OC[C@H](OS(=O)(=O)c2ccc(C)cc2)[C@H]2OC(C)(C)O[C@H]12. The first-order chi connectivity index (χ1) is 11.2. The van der Waals surface area contributed by atoms with Gasteiger partial charge in [0.05, 0.1) is 11.5 Å². The maximum atomic E-state index is 12.5. The second-order valence-corrected chi connectivity index (χ2v) is 7.98. The lowest BCUT2D eigenvalue weighted by Crippen LogP contribution is -2.53. The van der Waals surface area contributed by atoms with Crippen LogP contribution in [0.25, 0.3) is 0 Å². The van der Waals surface area contributed by atoms with Crippen LogP contribution in [-0.2, 0) is 33.2 Å². The summed E-state index contributed by atoms with van der Waals surface area (Å²) in [6, 6.07) is 6.46. The van der Waals surface area contributed by atoms with Gasteiger partial charge in [-0.3, -0.25) is 4.18 Å². The number of fused-ring (bicyclic) bond motifs is 1. The molecule has 2 heterocycles. The van der Waals surface area contributed by atoms with Crippen LogP contribution in [0.4, 0.5) is 0 Å². The number of ether oxygens (including phenoxy) is 4. The van der Waals surface area contributed by atoms with Crippen molar-refractivity contribution in [3.05, 3.63) is 29.8 Å². The minimum Gasteiger partial charge on any atom is -0.353 e. The average molecular weight is 358 g/mol. The van der Waals surface area contributed by atoms with Crippen molar-refractivity contribution >= 4 is 10.1 Å². The molecule has 0 aromatic heterocycles. The van der Waals surface area contributed by atoms with Crippen molar-refractivity contribution in [2.45, 2.75) is 56.1 Å². The summed E-state index contributed by atoms with van der Waals surface area (Å²) < 4.78 is 52.8. The third-order valence-electron chi connectivity index (χ3n) is 4.02. The van der Waals surface area contributed by atoms with E-state index >= 15 is 0 Å². The van der Waals surface area contributed by atoms with Crippen LogP contribution >= 0.6 is 0 Å². The van der Waals surface area contributed by atoms with Crippen LogP contribution < -0.4 is 0 Å². The van der Waals surface area contributed by atoms with Crippen LogP contribution in [-0.4, -0.2) is 52.5 Å². The van der Waals surface area contributed by atoms with Gasteiger partial charge in [-0.1, -0.05) is 17.7 Å². The van der Waals surface area contributed by atoms with Crippen LogP contribution in [0.2, 0.25) is 0 Å². The Morgan fingerprint density at radius 1 is 1.12 bits per heavy atom. The summed E-state index contributed by atoms with van der Waals surface area (Å²) in [7, 11) is -2.43. The predicted octanol–water partition coefficient (Wildman–Crippen LogP) is 1.59. The van der Waals surface area contributed by atoms with Crippen molar-refractivity contribution in [3.63, 3.8) is 0 Å². The summed E-state index contributed by atoms with van der Waals surface area (Å²) in [5.74, 6) is -0.866.